The first-order chi connectivity index (χ1) is 15.2. The molecule has 2 aliphatic heterocycles. The third kappa shape index (κ3) is 5.55. The monoisotopic (exact) mass is 446 g/mol. The molecular formula is C24H28F2N2O4. The van der Waals surface area contributed by atoms with Gasteiger partial charge in [-0.15, -0.1) is 0 Å². The van der Waals surface area contributed by atoms with Gasteiger partial charge in [0, 0.05) is 24.2 Å². The van der Waals surface area contributed by atoms with E-state index in [0.29, 0.717) is 37.3 Å². The van der Waals surface area contributed by atoms with Gasteiger partial charge in [-0.2, -0.15) is 0 Å². The molecule has 0 bridgehead atoms. The maximum absolute atomic E-state index is 13.4. The highest BCUT2D eigenvalue weighted by molar-refractivity contribution is 5.69. The van der Waals surface area contributed by atoms with Gasteiger partial charge in [-0.05, 0) is 51.0 Å². The van der Waals surface area contributed by atoms with Crippen molar-refractivity contribution >= 4 is 12.2 Å². The standard InChI is InChI=1S/2C12H14FNO2/c2*1-8(2)16-12(15)14-6-9-4-3-5-11(13)10(9)7-14/h2*3-5,8H,6-7H2,1-2H3. The minimum absolute atomic E-state index is 0.152. The molecule has 2 amide bonds. The Hall–Kier alpha value is -3.16. The second kappa shape index (κ2) is 9.97. The fraction of sp³-hybridized carbons (Fsp3) is 0.417. The van der Waals surface area contributed by atoms with Gasteiger partial charge < -0.3 is 9.47 Å². The van der Waals surface area contributed by atoms with Crippen LogP contribution in [-0.2, 0) is 35.7 Å². The van der Waals surface area contributed by atoms with E-state index < -0.39 is 0 Å². The molecule has 0 N–H and O–H groups in total. The minimum atomic E-state index is -0.384. The Balaban J connectivity index is 0.000000181. The second-order valence-electron chi connectivity index (χ2n) is 8.33. The molecule has 2 aliphatic rings. The summed E-state index contributed by atoms with van der Waals surface area (Å²) in [6, 6.07) is 9.81. The number of amides is 2. The van der Waals surface area contributed by atoms with Crippen LogP contribution in [0.3, 0.4) is 0 Å². The predicted molar refractivity (Wildman–Crippen MR) is 115 cm³/mol. The van der Waals surface area contributed by atoms with Crippen molar-refractivity contribution in [2.45, 2.75) is 66.1 Å². The number of carbonyl (C=O) groups excluding carboxylic acids is 2. The summed E-state index contributed by atoms with van der Waals surface area (Å²) >= 11 is 0. The van der Waals surface area contributed by atoms with Crippen LogP contribution in [0.4, 0.5) is 18.4 Å². The van der Waals surface area contributed by atoms with Crippen molar-refractivity contribution in [3.63, 3.8) is 0 Å². The molecule has 2 aromatic carbocycles. The van der Waals surface area contributed by atoms with E-state index in [2.05, 4.69) is 0 Å². The van der Waals surface area contributed by atoms with Crippen molar-refractivity contribution in [2.75, 3.05) is 0 Å². The predicted octanol–water partition coefficient (Wildman–Crippen LogP) is 5.37. The van der Waals surface area contributed by atoms with Crippen LogP contribution < -0.4 is 0 Å². The van der Waals surface area contributed by atoms with Gasteiger partial charge in [0.25, 0.3) is 0 Å². The van der Waals surface area contributed by atoms with Gasteiger partial charge in [0.15, 0.2) is 0 Å². The molecule has 2 aromatic rings. The van der Waals surface area contributed by atoms with E-state index in [1.165, 1.54) is 21.9 Å². The van der Waals surface area contributed by atoms with E-state index in [1.807, 2.05) is 12.1 Å². The largest absolute Gasteiger partial charge is 0.447 e. The summed E-state index contributed by atoms with van der Waals surface area (Å²) in [6.45, 7) is 8.63. The zero-order chi connectivity index (χ0) is 23.4. The van der Waals surface area contributed by atoms with E-state index >= 15 is 0 Å². The molecule has 0 spiro atoms. The summed E-state index contributed by atoms with van der Waals surface area (Å²) < 4.78 is 37.0. The van der Waals surface area contributed by atoms with Crippen LogP contribution in [0, 0.1) is 11.6 Å². The lowest BCUT2D eigenvalue weighted by Gasteiger charge is -2.17. The van der Waals surface area contributed by atoms with Crippen molar-refractivity contribution in [1.82, 2.24) is 9.80 Å². The van der Waals surface area contributed by atoms with Crippen molar-refractivity contribution in [3.05, 3.63) is 70.3 Å². The van der Waals surface area contributed by atoms with Crippen molar-refractivity contribution in [2.24, 2.45) is 0 Å². The summed E-state index contributed by atoms with van der Waals surface area (Å²) in [5.74, 6) is -0.505. The Morgan fingerprint density at radius 3 is 1.41 bits per heavy atom. The van der Waals surface area contributed by atoms with Crippen LogP contribution in [0.5, 0.6) is 0 Å². The fourth-order valence-corrected chi connectivity index (χ4v) is 3.57. The van der Waals surface area contributed by atoms with Gasteiger partial charge in [0.05, 0.1) is 25.3 Å². The lowest BCUT2D eigenvalue weighted by Crippen LogP contribution is -2.28. The third-order valence-electron chi connectivity index (χ3n) is 5.04. The average molecular weight is 446 g/mol. The van der Waals surface area contributed by atoms with Crippen molar-refractivity contribution < 1.29 is 27.8 Å². The highest BCUT2D eigenvalue weighted by Gasteiger charge is 2.28. The summed E-state index contributed by atoms with van der Waals surface area (Å²) in [7, 11) is 0. The minimum Gasteiger partial charge on any atom is -0.447 e. The Morgan fingerprint density at radius 1 is 0.719 bits per heavy atom. The number of benzene rings is 2. The van der Waals surface area contributed by atoms with Gasteiger partial charge in [0.1, 0.15) is 11.6 Å². The number of rotatable bonds is 2. The van der Waals surface area contributed by atoms with Crippen LogP contribution in [0.2, 0.25) is 0 Å². The summed E-state index contributed by atoms with van der Waals surface area (Å²) in [6.07, 6.45) is -1.07. The molecule has 0 saturated carbocycles. The molecule has 2 heterocycles. The molecule has 0 atom stereocenters. The molecular weight excluding hydrogens is 418 g/mol. The van der Waals surface area contributed by atoms with E-state index in [9.17, 15) is 18.4 Å². The molecule has 0 aliphatic carbocycles. The molecule has 0 radical (unpaired) electrons. The summed E-state index contributed by atoms with van der Waals surface area (Å²) in [4.78, 5) is 26.2. The van der Waals surface area contributed by atoms with Crippen molar-refractivity contribution in [1.29, 1.82) is 0 Å². The summed E-state index contributed by atoms with van der Waals surface area (Å²) in [5.41, 5.74) is 2.92. The molecule has 0 saturated heterocycles. The van der Waals surface area contributed by atoms with Crippen LogP contribution in [0.15, 0.2) is 36.4 Å². The zero-order valence-electron chi connectivity index (χ0n) is 18.7. The number of nitrogens with zero attached hydrogens (tertiary/aromatic N) is 2. The fourth-order valence-electron chi connectivity index (χ4n) is 3.57. The van der Waals surface area contributed by atoms with E-state index in [-0.39, 0.29) is 36.0 Å². The smallest absolute Gasteiger partial charge is 0.410 e. The van der Waals surface area contributed by atoms with Crippen LogP contribution >= 0.6 is 0 Å². The Kier molecular flexibility index (Phi) is 7.33. The van der Waals surface area contributed by atoms with Crippen LogP contribution in [-0.4, -0.2) is 34.2 Å². The third-order valence-corrected chi connectivity index (χ3v) is 5.04. The second-order valence-corrected chi connectivity index (χ2v) is 8.33. The zero-order valence-corrected chi connectivity index (χ0v) is 18.7. The number of hydrogen-bond acceptors (Lipinski definition) is 4. The molecule has 172 valence electrons. The van der Waals surface area contributed by atoms with E-state index in [1.54, 1.807) is 39.8 Å². The molecule has 0 unspecified atom stereocenters. The van der Waals surface area contributed by atoms with Gasteiger partial charge in [0.2, 0.25) is 0 Å². The molecule has 4 rings (SSSR count). The molecule has 0 aromatic heterocycles. The molecule has 0 fully saturated rings. The number of fused-ring (bicyclic) bond motifs is 2. The molecule has 8 heteroatoms. The first-order valence-corrected chi connectivity index (χ1v) is 10.6. The quantitative estimate of drug-likeness (QED) is 0.622. The number of halogens is 2. The van der Waals surface area contributed by atoms with Gasteiger partial charge in [-0.3, -0.25) is 9.80 Å². The van der Waals surface area contributed by atoms with Gasteiger partial charge >= 0.3 is 12.2 Å². The molecule has 32 heavy (non-hydrogen) atoms. The first kappa shape index (κ1) is 23.5. The van der Waals surface area contributed by atoms with E-state index in [0.717, 1.165) is 11.1 Å². The number of carbonyl (C=O) groups is 2. The first-order valence-electron chi connectivity index (χ1n) is 10.6. The van der Waals surface area contributed by atoms with Crippen LogP contribution in [0.1, 0.15) is 49.9 Å². The lowest BCUT2D eigenvalue weighted by atomic mass is 10.1. The maximum Gasteiger partial charge on any atom is 0.410 e. The van der Waals surface area contributed by atoms with Crippen molar-refractivity contribution in [3.8, 4) is 0 Å². The Labute approximate surface area is 186 Å². The van der Waals surface area contributed by atoms with E-state index in [4.69, 9.17) is 9.47 Å². The Morgan fingerprint density at radius 2 is 1.09 bits per heavy atom. The average Bonchev–Trinajstić information content (AvgIpc) is 3.33. The highest BCUT2D eigenvalue weighted by atomic mass is 19.1. The normalized spacial score (nSPS) is 14.1. The summed E-state index contributed by atoms with van der Waals surface area (Å²) in [5, 5.41) is 0. The number of ether oxygens (including phenoxy) is 2. The highest BCUT2D eigenvalue weighted by Crippen LogP contribution is 2.26. The SMILES string of the molecule is CC(C)OC(=O)N1Cc2cccc(F)c2C1.CC(C)OC(=O)N1Cc2cccc(F)c2C1. The Bertz CT molecular complexity index is 914. The van der Waals surface area contributed by atoms with Crippen LogP contribution in [0.25, 0.3) is 0 Å². The van der Waals surface area contributed by atoms with Gasteiger partial charge in [-0.25, -0.2) is 18.4 Å². The number of hydrogen-bond donors (Lipinski definition) is 0. The van der Waals surface area contributed by atoms with Gasteiger partial charge in [-0.1, -0.05) is 24.3 Å². The molecule has 6 nitrogen and oxygen atoms in total. The maximum atomic E-state index is 13.4. The lowest BCUT2D eigenvalue weighted by molar-refractivity contribution is 0.0750. The topological polar surface area (TPSA) is 59.1 Å².